The lowest BCUT2D eigenvalue weighted by atomic mass is 10.5. The van der Waals surface area contributed by atoms with Gasteiger partial charge in [0.25, 0.3) is 0 Å². The van der Waals surface area contributed by atoms with Crippen molar-refractivity contribution in [3.63, 3.8) is 0 Å². The minimum atomic E-state index is -3.12. The van der Waals surface area contributed by atoms with Gasteiger partial charge in [0, 0.05) is 0 Å². The zero-order valence-corrected chi connectivity index (χ0v) is 8.08. The number of sulfone groups is 1. The summed E-state index contributed by atoms with van der Waals surface area (Å²) in [6.45, 7) is 1.58. The van der Waals surface area contributed by atoms with E-state index in [0.717, 1.165) is 11.3 Å². The van der Waals surface area contributed by atoms with Crippen LogP contribution in [0.2, 0.25) is 0 Å². The van der Waals surface area contributed by atoms with Gasteiger partial charge in [0.2, 0.25) is 0 Å². The Morgan fingerprint density at radius 3 is 2.67 bits per heavy atom. The summed E-state index contributed by atoms with van der Waals surface area (Å²) in [4.78, 5) is 0.432. The van der Waals surface area contributed by atoms with Crippen molar-refractivity contribution in [2.75, 3.05) is 5.75 Å². The molecule has 0 spiro atoms. The van der Waals surface area contributed by atoms with E-state index < -0.39 is 9.84 Å². The number of thiophene rings is 1. The second-order valence-electron chi connectivity index (χ2n) is 2.13. The maximum atomic E-state index is 11.2. The van der Waals surface area contributed by atoms with E-state index in [1.165, 1.54) is 12.1 Å². The summed E-state index contributed by atoms with van der Waals surface area (Å²) in [5, 5.41) is 8.45. The van der Waals surface area contributed by atoms with E-state index in [1.807, 2.05) is 6.07 Å². The molecule has 0 amide bonds. The average Bonchev–Trinajstić information content (AvgIpc) is 2.52. The minimum absolute atomic E-state index is 0.0817. The Balaban J connectivity index is 3.16. The zero-order valence-electron chi connectivity index (χ0n) is 6.44. The van der Waals surface area contributed by atoms with Gasteiger partial charge in [-0.1, -0.05) is 6.92 Å². The van der Waals surface area contributed by atoms with E-state index >= 15 is 0 Å². The Morgan fingerprint density at radius 1 is 1.58 bits per heavy atom. The van der Waals surface area contributed by atoms with Gasteiger partial charge in [-0.2, -0.15) is 5.26 Å². The number of hydrogen-bond acceptors (Lipinski definition) is 4. The first kappa shape index (κ1) is 9.23. The Morgan fingerprint density at radius 2 is 2.25 bits per heavy atom. The number of nitriles is 1. The molecule has 0 N–H and O–H groups in total. The molecule has 0 saturated carbocycles. The second kappa shape index (κ2) is 3.25. The first-order valence-electron chi connectivity index (χ1n) is 3.33. The maximum Gasteiger partial charge on any atom is 0.187 e. The van der Waals surface area contributed by atoms with E-state index in [2.05, 4.69) is 0 Å². The van der Waals surface area contributed by atoms with Gasteiger partial charge < -0.3 is 0 Å². The molecule has 12 heavy (non-hydrogen) atoms. The normalized spacial score (nSPS) is 11.0. The van der Waals surface area contributed by atoms with E-state index in [4.69, 9.17) is 5.26 Å². The van der Waals surface area contributed by atoms with Crippen LogP contribution in [0.25, 0.3) is 0 Å². The van der Waals surface area contributed by atoms with Gasteiger partial charge in [0.15, 0.2) is 9.84 Å². The minimum Gasteiger partial charge on any atom is -0.223 e. The Hall–Kier alpha value is -0.860. The Kier molecular flexibility index (Phi) is 2.50. The molecule has 0 unspecified atom stereocenters. The summed E-state index contributed by atoms with van der Waals surface area (Å²) in [6, 6.07) is 4.89. The molecule has 0 aliphatic heterocycles. The van der Waals surface area contributed by atoms with Crippen LogP contribution < -0.4 is 0 Å². The van der Waals surface area contributed by atoms with E-state index in [1.54, 1.807) is 6.92 Å². The van der Waals surface area contributed by atoms with Gasteiger partial charge >= 0.3 is 0 Å². The largest absolute Gasteiger partial charge is 0.223 e. The maximum absolute atomic E-state index is 11.2. The van der Waals surface area contributed by atoms with E-state index in [-0.39, 0.29) is 9.96 Å². The summed E-state index contributed by atoms with van der Waals surface area (Å²) in [5.74, 6) is 0.0817. The van der Waals surface area contributed by atoms with Gasteiger partial charge in [-0.15, -0.1) is 11.3 Å². The van der Waals surface area contributed by atoms with E-state index in [0.29, 0.717) is 4.88 Å². The van der Waals surface area contributed by atoms with Gasteiger partial charge in [0.05, 0.1) is 5.75 Å². The summed E-state index contributed by atoms with van der Waals surface area (Å²) < 4.78 is 22.7. The highest BCUT2D eigenvalue weighted by atomic mass is 32.2. The van der Waals surface area contributed by atoms with Crippen LogP contribution in [0, 0.1) is 11.3 Å². The summed E-state index contributed by atoms with van der Waals surface area (Å²) in [6.07, 6.45) is 0. The van der Waals surface area contributed by atoms with Crippen molar-refractivity contribution in [2.24, 2.45) is 0 Å². The Bertz CT molecular complexity index is 411. The van der Waals surface area contributed by atoms with Crippen molar-refractivity contribution in [3.8, 4) is 6.07 Å². The van der Waals surface area contributed by atoms with Gasteiger partial charge in [-0.25, -0.2) is 8.42 Å². The molecule has 1 aromatic rings. The zero-order chi connectivity index (χ0) is 9.19. The molecule has 1 rings (SSSR count). The lowest BCUT2D eigenvalue weighted by Gasteiger charge is -1.92. The third-order valence-electron chi connectivity index (χ3n) is 1.38. The van der Waals surface area contributed by atoms with Crippen LogP contribution in [0.5, 0.6) is 0 Å². The highest BCUT2D eigenvalue weighted by Gasteiger charge is 2.13. The number of rotatable bonds is 2. The highest BCUT2D eigenvalue weighted by molar-refractivity contribution is 7.93. The third-order valence-corrected chi connectivity index (χ3v) is 4.68. The fourth-order valence-electron chi connectivity index (χ4n) is 0.690. The van der Waals surface area contributed by atoms with Crippen molar-refractivity contribution in [3.05, 3.63) is 17.0 Å². The number of nitrogens with zero attached hydrogens (tertiary/aromatic N) is 1. The molecular weight excluding hydrogens is 194 g/mol. The molecular formula is C7H7NO2S2. The van der Waals surface area contributed by atoms with Crippen LogP contribution in [-0.2, 0) is 9.84 Å². The third kappa shape index (κ3) is 1.65. The molecule has 0 aliphatic carbocycles. The van der Waals surface area contributed by atoms with Crippen LogP contribution in [0.15, 0.2) is 16.3 Å². The molecule has 0 bridgehead atoms. The van der Waals surface area contributed by atoms with Crippen molar-refractivity contribution in [1.82, 2.24) is 0 Å². The fourth-order valence-corrected chi connectivity index (χ4v) is 2.91. The SMILES string of the molecule is CCS(=O)(=O)c1ccc(C#N)s1. The quantitative estimate of drug-likeness (QED) is 0.727. The van der Waals surface area contributed by atoms with Crippen molar-refractivity contribution < 1.29 is 8.42 Å². The predicted molar refractivity (Wildman–Crippen MR) is 46.8 cm³/mol. The topological polar surface area (TPSA) is 57.9 Å². The van der Waals surface area contributed by atoms with Crippen molar-refractivity contribution >= 4 is 21.2 Å². The molecule has 5 heteroatoms. The van der Waals surface area contributed by atoms with E-state index in [9.17, 15) is 8.42 Å². The average molecular weight is 201 g/mol. The monoisotopic (exact) mass is 201 g/mol. The van der Waals surface area contributed by atoms with Crippen LogP contribution in [0.1, 0.15) is 11.8 Å². The Labute approximate surface area is 75.2 Å². The van der Waals surface area contributed by atoms with Crippen LogP contribution in [-0.4, -0.2) is 14.2 Å². The smallest absolute Gasteiger partial charge is 0.187 e. The molecule has 1 heterocycles. The lowest BCUT2D eigenvalue weighted by molar-refractivity contribution is 0.599. The summed E-state index contributed by atoms with van der Waals surface area (Å²) >= 11 is 1.02. The first-order chi connectivity index (χ1) is 5.60. The summed E-state index contributed by atoms with van der Waals surface area (Å²) in [5.41, 5.74) is 0. The van der Waals surface area contributed by atoms with Gasteiger partial charge in [0.1, 0.15) is 15.2 Å². The molecule has 0 aliphatic rings. The summed E-state index contributed by atoms with van der Waals surface area (Å²) in [7, 11) is -3.12. The van der Waals surface area contributed by atoms with Gasteiger partial charge in [-0.3, -0.25) is 0 Å². The molecule has 0 saturated heterocycles. The van der Waals surface area contributed by atoms with Crippen molar-refractivity contribution in [1.29, 1.82) is 5.26 Å². The standard InChI is InChI=1S/C7H7NO2S2/c1-2-12(9,10)7-4-3-6(5-8)11-7/h3-4H,2H2,1H3. The molecule has 0 fully saturated rings. The molecule has 1 aromatic heterocycles. The van der Waals surface area contributed by atoms with Crippen LogP contribution >= 0.6 is 11.3 Å². The lowest BCUT2D eigenvalue weighted by Crippen LogP contribution is -2.00. The number of hydrogen-bond donors (Lipinski definition) is 0. The van der Waals surface area contributed by atoms with Crippen molar-refractivity contribution in [2.45, 2.75) is 11.1 Å². The molecule has 3 nitrogen and oxygen atoms in total. The molecule has 0 aromatic carbocycles. The van der Waals surface area contributed by atoms with Gasteiger partial charge in [-0.05, 0) is 12.1 Å². The highest BCUT2D eigenvalue weighted by Crippen LogP contribution is 2.21. The molecule has 0 atom stereocenters. The fraction of sp³-hybridized carbons (Fsp3) is 0.286. The van der Waals surface area contributed by atoms with Crippen LogP contribution in [0.4, 0.5) is 0 Å². The van der Waals surface area contributed by atoms with Crippen LogP contribution in [0.3, 0.4) is 0 Å². The predicted octanol–water partition coefficient (Wildman–Crippen LogP) is 1.41. The second-order valence-corrected chi connectivity index (χ2v) is 5.72. The molecule has 0 radical (unpaired) electrons. The first-order valence-corrected chi connectivity index (χ1v) is 5.79. The molecule has 64 valence electrons.